The first-order valence-electron chi connectivity index (χ1n) is 6.70. The molecule has 0 spiro atoms. The number of carbonyl (C=O) groups excluding carboxylic acids is 1. The van der Waals surface area contributed by atoms with Gasteiger partial charge in [-0.15, -0.1) is 0 Å². The van der Waals surface area contributed by atoms with Crippen LogP contribution >= 0.6 is 27.5 Å². The molecule has 0 aliphatic heterocycles. The summed E-state index contributed by atoms with van der Waals surface area (Å²) < 4.78 is 4.12. The molecule has 2 aromatic rings. The third-order valence-electron chi connectivity index (χ3n) is 3.56. The van der Waals surface area contributed by atoms with Gasteiger partial charge in [0, 0.05) is 0 Å². The van der Waals surface area contributed by atoms with E-state index in [4.69, 9.17) is 11.6 Å². The first-order chi connectivity index (χ1) is 9.73. The van der Waals surface area contributed by atoms with Gasteiger partial charge in [-0.3, -0.25) is 9.48 Å². The van der Waals surface area contributed by atoms with Crippen LogP contribution in [0.4, 0.5) is 0 Å². The minimum absolute atomic E-state index is 0.0579. The molecule has 0 saturated heterocycles. The SMILES string of the molecule is Cc1nn(C(C)CC(=O)n2nc(C)c(Br)c2C)c(C)c1Cl. The van der Waals surface area contributed by atoms with E-state index in [1.54, 1.807) is 4.68 Å². The lowest BCUT2D eigenvalue weighted by atomic mass is 10.2. The van der Waals surface area contributed by atoms with Gasteiger partial charge in [0.25, 0.3) is 0 Å². The van der Waals surface area contributed by atoms with Gasteiger partial charge in [-0.2, -0.15) is 10.2 Å². The minimum Gasteiger partial charge on any atom is -0.272 e. The maximum Gasteiger partial charge on any atom is 0.249 e. The van der Waals surface area contributed by atoms with Gasteiger partial charge in [-0.05, 0) is 50.5 Å². The third kappa shape index (κ3) is 2.92. The number of hydrogen-bond donors (Lipinski definition) is 0. The second kappa shape index (κ2) is 5.93. The largest absolute Gasteiger partial charge is 0.272 e. The quantitative estimate of drug-likeness (QED) is 0.816. The highest BCUT2D eigenvalue weighted by molar-refractivity contribution is 9.10. The Kier molecular flexibility index (Phi) is 4.58. The Bertz CT molecular complexity index is 704. The monoisotopic (exact) mass is 372 g/mol. The first kappa shape index (κ1) is 16.2. The summed E-state index contributed by atoms with van der Waals surface area (Å²) in [5, 5.41) is 9.32. The second-order valence-corrected chi connectivity index (χ2v) is 6.44. The van der Waals surface area contributed by atoms with Crippen LogP contribution in [0.5, 0.6) is 0 Å². The van der Waals surface area contributed by atoms with Crippen LogP contribution in [0.25, 0.3) is 0 Å². The molecule has 0 N–H and O–H groups in total. The van der Waals surface area contributed by atoms with E-state index in [9.17, 15) is 4.79 Å². The van der Waals surface area contributed by atoms with E-state index in [0.29, 0.717) is 11.4 Å². The van der Waals surface area contributed by atoms with Gasteiger partial charge in [0.2, 0.25) is 5.91 Å². The van der Waals surface area contributed by atoms with E-state index in [1.165, 1.54) is 4.68 Å². The normalized spacial score (nSPS) is 12.7. The fourth-order valence-electron chi connectivity index (χ4n) is 2.36. The molecule has 0 saturated carbocycles. The Morgan fingerprint density at radius 3 is 2.24 bits per heavy atom. The van der Waals surface area contributed by atoms with Crippen molar-refractivity contribution in [2.45, 2.75) is 47.1 Å². The van der Waals surface area contributed by atoms with E-state index in [0.717, 1.165) is 27.2 Å². The van der Waals surface area contributed by atoms with Crippen molar-refractivity contribution in [1.82, 2.24) is 19.6 Å². The molecule has 114 valence electrons. The Labute approximate surface area is 137 Å². The molecular weight excluding hydrogens is 356 g/mol. The molecule has 5 nitrogen and oxygen atoms in total. The lowest BCUT2D eigenvalue weighted by Crippen LogP contribution is -2.20. The highest BCUT2D eigenvalue weighted by Crippen LogP contribution is 2.25. The minimum atomic E-state index is -0.0774. The number of aryl methyl sites for hydroxylation is 2. The van der Waals surface area contributed by atoms with Crippen LogP contribution in [0.15, 0.2) is 4.47 Å². The van der Waals surface area contributed by atoms with Crippen molar-refractivity contribution >= 4 is 33.4 Å². The Balaban J connectivity index is 2.22. The van der Waals surface area contributed by atoms with Crippen molar-refractivity contribution in [3.05, 3.63) is 32.3 Å². The number of hydrogen-bond acceptors (Lipinski definition) is 3. The maximum absolute atomic E-state index is 12.4. The van der Waals surface area contributed by atoms with Crippen LogP contribution in [0.3, 0.4) is 0 Å². The summed E-state index contributed by atoms with van der Waals surface area (Å²) in [5.41, 5.74) is 3.28. The molecule has 2 heterocycles. The van der Waals surface area contributed by atoms with Gasteiger partial charge in [-0.25, -0.2) is 4.68 Å². The summed E-state index contributed by atoms with van der Waals surface area (Å²) >= 11 is 9.59. The zero-order valence-electron chi connectivity index (χ0n) is 12.7. The van der Waals surface area contributed by atoms with Crippen molar-refractivity contribution < 1.29 is 4.79 Å². The van der Waals surface area contributed by atoms with Gasteiger partial charge >= 0.3 is 0 Å². The predicted octanol–water partition coefficient (Wildman–Crippen LogP) is 4.02. The zero-order chi connectivity index (χ0) is 15.9. The topological polar surface area (TPSA) is 52.7 Å². The number of rotatable bonds is 3. The number of carbonyl (C=O) groups is 1. The van der Waals surface area contributed by atoms with Crippen molar-refractivity contribution in [2.24, 2.45) is 0 Å². The van der Waals surface area contributed by atoms with Crippen molar-refractivity contribution in [2.75, 3.05) is 0 Å². The van der Waals surface area contributed by atoms with Crippen LogP contribution in [-0.4, -0.2) is 25.5 Å². The van der Waals surface area contributed by atoms with E-state index < -0.39 is 0 Å². The summed E-state index contributed by atoms with van der Waals surface area (Å²) in [4.78, 5) is 12.4. The number of halogens is 2. The first-order valence-corrected chi connectivity index (χ1v) is 7.87. The molecular formula is C14H18BrClN4O. The predicted molar refractivity (Wildman–Crippen MR) is 86.1 cm³/mol. The molecule has 7 heteroatoms. The number of nitrogens with zero attached hydrogens (tertiary/aromatic N) is 4. The molecule has 0 fully saturated rings. The van der Waals surface area contributed by atoms with E-state index in [-0.39, 0.29) is 11.9 Å². The van der Waals surface area contributed by atoms with Crippen LogP contribution < -0.4 is 0 Å². The molecule has 0 aromatic carbocycles. The lowest BCUT2D eigenvalue weighted by molar-refractivity contribution is 0.0863. The van der Waals surface area contributed by atoms with Crippen LogP contribution in [0.2, 0.25) is 5.02 Å². The Hall–Kier alpha value is -1.14. The van der Waals surface area contributed by atoms with Crippen LogP contribution in [0, 0.1) is 27.7 Å². The molecule has 2 rings (SSSR count). The summed E-state index contributed by atoms with van der Waals surface area (Å²) in [6.07, 6.45) is 0.312. The average Bonchev–Trinajstić information content (AvgIpc) is 2.84. The molecule has 21 heavy (non-hydrogen) atoms. The number of aromatic nitrogens is 4. The van der Waals surface area contributed by atoms with Crippen molar-refractivity contribution in [1.29, 1.82) is 0 Å². The highest BCUT2D eigenvalue weighted by atomic mass is 79.9. The molecule has 2 aromatic heterocycles. The average molecular weight is 374 g/mol. The summed E-state index contributed by atoms with van der Waals surface area (Å²) in [5.74, 6) is -0.0579. The van der Waals surface area contributed by atoms with E-state index in [1.807, 2.05) is 34.6 Å². The summed E-state index contributed by atoms with van der Waals surface area (Å²) in [7, 11) is 0. The Morgan fingerprint density at radius 2 is 1.81 bits per heavy atom. The van der Waals surface area contributed by atoms with Gasteiger partial charge in [0.05, 0.1) is 44.7 Å². The molecule has 1 atom stereocenters. The standard InChI is InChI=1S/C14H18BrClN4O/c1-7(19-11(5)14(16)9(3)18-19)6-12(21)20-10(4)13(15)8(2)17-20/h7H,6H2,1-5H3. The fourth-order valence-corrected chi connectivity index (χ4v) is 2.74. The van der Waals surface area contributed by atoms with E-state index in [2.05, 4.69) is 26.1 Å². The molecule has 0 amide bonds. The van der Waals surface area contributed by atoms with Crippen LogP contribution in [-0.2, 0) is 0 Å². The molecule has 0 radical (unpaired) electrons. The van der Waals surface area contributed by atoms with Gasteiger partial charge < -0.3 is 0 Å². The maximum atomic E-state index is 12.4. The molecule has 0 bridgehead atoms. The fraction of sp³-hybridized carbons (Fsp3) is 0.500. The smallest absolute Gasteiger partial charge is 0.249 e. The summed E-state index contributed by atoms with van der Waals surface area (Å²) in [6, 6.07) is -0.0774. The lowest BCUT2D eigenvalue weighted by Gasteiger charge is -2.14. The van der Waals surface area contributed by atoms with Gasteiger partial charge in [-0.1, -0.05) is 11.6 Å². The van der Waals surface area contributed by atoms with Gasteiger partial charge in [0.15, 0.2) is 0 Å². The van der Waals surface area contributed by atoms with Gasteiger partial charge in [0.1, 0.15) is 0 Å². The zero-order valence-corrected chi connectivity index (χ0v) is 15.1. The Morgan fingerprint density at radius 1 is 1.19 bits per heavy atom. The van der Waals surface area contributed by atoms with Crippen LogP contribution in [0.1, 0.15) is 47.0 Å². The summed E-state index contributed by atoms with van der Waals surface area (Å²) in [6.45, 7) is 9.45. The molecule has 1 unspecified atom stereocenters. The molecule has 0 aliphatic carbocycles. The third-order valence-corrected chi connectivity index (χ3v) is 5.26. The van der Waals surface area contributed by atoms with Crippen molar-refractivity contribution in [3.63, 3.8) is 0 Å². The highest BCUT2D eigenvalue weighted by Gasteiger charge is 2.20. The van der Waals surface area contributed by atoms with E-state index >= 15 is 0 Å². The van der Waals surface area contributed by atoms with Crippen molar-refractivity contribution in [3.8, 4) is 0 Å². The molecule has 0 aliphatic rings. The second-order valence-electron chi connectivity index (χ2n) is 5.27.